The third-order valence-electron chi connectivity index (χ3n) is 3.37. The standard InChI is InChI=1S/C15H14Cl2N2O2S/c16-15(17)6-11(15)8-21-13(20)12-9-22-14(19-12)18-7-10-4-2-1-3-5-10/h1-5,9,11H,6-8H2,(H,18,19). The molecule has 1 heterocycles. The quantitative estimate of drug-likeness (QED) is 0.625. The molecule has 0 aliphatic heterocycles. The van der Waals surface area contributed by atoms with Crippen LogP contribution < -0.4 is 5.32 Å². The smallest absolute Gasteiger partial charge is 0.357 e. The number of halogens is 2. The Labute approximate surface area is 142 Å². The van der Waals surface area contributed by atoms with Gasteiger partial charge in [-0.05, 0) is 12.0 Å². The van der Waals surface area contributed by atoms with E-state index in [1.54, 1.807) is 5.38 Å². The number of anilines is 1. The molecule has 4 nitrogen and oxygen atoms in total. The first kappa shape index (κ1) is 15.6. The molecule has 1 aromatic heterocycles. The van der Waals surface area contributed by atoms with Crippen LogP contribution in [0.2, 0.25) is 0 Å². The summed E-state index contributed by atoms with van der Waals surface area (Å²) in [5, 5.41) is 5.55. The van der Waals surface area contributed by atoms with Gasteiger partial charge in [0, 0.05) is 17.8 Å². The van der Waals surface area contributed by atoms with Crippen LogP contribution in [0.15, 0.2) is 35.7 Å². The van der Waals surface area contributed by atoms with Crippen molar-refractivity contribution in [3.8, 4) is 0 Å². The molecule has 0 saturated heterocycles. The fourth-order valence-electron chi connectivity index (χ4n) is 1.92. The lowest BCUT2D eigenvalue weighted by Gasteiger charge is -2.03. The fraction of sp³-hybridized carbons (Fsp3) is 0.333. The lowest BCUT2D eigenvalue weighted by Crippen LogP contribution is -2.10. The van der Waals surface area contributed by atoms with Crippen molar-refractivity contribution < 1.29 is 9.53 Å². The summed E-state index contributed by atoms with van der Waals surface area (Å²) in [5.41, 5.74) is 1.45. The highest BCUT2D eigenvalue weighted by atomic mass is 35.5. The van der Waals surface area contributed by atoms with Gasteiger partial charge in [0.1, 0.15) is 4.33 Å². The second kappa shape index (κ2) is 6.44. The molecule has 1 unspecified atom stereocenters. The summed E-state index contributed by atoms with van der Waals surface area (Å²) in [6.45, 7) is 0.891. The number of aromatic nitrogens is 1. The monoisotopic (exact) mass is 356 g/mol. The topological polar surface area (TPSA) is 51.2 Å². The molecule has 0 spiro atoms. The predicted octanol–water partition coefficient (Wildman–Crippen LogP) is 4.11. The summed E-state index contributed by atoms with van der Waals surface area (Å²) in [6.07, 6.45) is 0.657. The highest BCUT2D eigenvalue weighted by Crippen LogP contribution is 2.53. The summed E-state index contributed by atoms with van der Waals surface area (Å²) in [6, 6.07) is 9.98. The number of hydrogen-bond donors (Lipinski definition) is 1. The molecule has 3 rings (SSSR count). The maximum Gasteiger partial charge on any atom is 0.357 e. The first-order valence-corrected chi connectivity index (χ1v) is 8.46. The van der Waals surface area contributed by atoms with Crippen molar-refractivity contribution in [2.75, 3.05) is 11.9 Å². The van der Waals surface area contributed by atoms with Gasteiger partial charge in [0.15, 0.2) is 10.8 Å². The van der Waals surface area contributed by atoms with Gasteiger partial charge in [0.05, 0.1) is 6.61 Å². The molecule has 1 aliphatic rings. The van der Waals surface area contributed by atoms with E-state index in [1.165, 1.54) is 11.3 Å². The Morgan fingerprint density at radius 2 is 2.14 bits per heavy atom. The van der Waals surface area contributed by atoms with Crippen molar-refractivity contribution in [2.45, 2.75) is 17.3 Å². The number of carbonyl (C=O) groups excluding carboxylic acids is 1. The van der Waals surface area contributed by atoms with Crippen LogP contribution in [0.5, 0.6) is 0 Å². The number of benzene rings is 1. The number of rotatable bonds is 6. The Balaban J connectivity index is 1.49. The summed E-state index contributed by atoms with van der Waals surface area (Å²) < 4.78 is 4.44. The van der Waals surface area contributed by atoms with Crippen molar-refractivity contribution >= 4 is 45.6 Å². The van der Waals surface area contributed by atoms with E-state index in [9.17, 15) is 4.79 Å². The number of ether oxygens (including phenoxy) is 1. The molecule has 1 aromatic carbocycles. The maximum absolute atomic E-state index is 11.9. The number of thiazole rings is 1. The maximum atomic E-state index is 11.9. The van der Waals surface area contributed by atoms with Gasteiger partial charge >= 0.3 is 5.97 Å². The van der Waals surface area contributed by atoms with E-state index >= 15 is 0 Å². The molecular weight excluding hydrogens is 343 g/mol. The lowest BCUT2D eigenvalue weighted by atomic mass is 10.2. The molecule has 0 radical (unpaired) electrons. The molecule has 1 atom stereocenters. The van der Waals surface area contributed by atoms with Crippen LogP contribution in [0.25, 0.3) is 0 Å². The molecule has 0 amide bonds. The van der Waals surface area contributed by atoms with E-state index in [2.05, 4.69) is 10.3 Å². The third kappa shape index (κ3) is 3.91. The molecule has 1 fully saturated rings. The normalized spacial score (nSPS) is 18.7. The molecule has 1 N–H and O–H groups in total. The van der Waals surface area contributed by atoms with Gasteiger partial charge in [-0.15, -0.1) is 34.5 Å². The van der Waals surface area contributed by atoms with Gasteiger partial charge in [-0.25, -0.2) is 9.78 Å². The van der Waals surface area contributed by atoms with Gasteiger partial charge < -0.3 is 10.1 Å². The second-order valence-corrected chi connectivity index (χ2v) is 7.54. The average molecular weight is 357 g/mol. The summed E-state index contributed by atoms with van der Waals surface area (Å²) >= 11 is 13.2. The fourth-order valence-corrected chi connectivity index (χ4v) is 3.10. The largest absolute Gasteiger partial charge is 0.461 e. The Morgan fingerprint density at radius 1 is 1.41 bits per heavy atom. The van der Waals surface area contributed by atoms with Crippen molar-refractivity contribution in [3.63, 3.8) is 0 Å². The van der Waals surface area contributed by atoms with Gasteiger partial charge in [-0.3, -0.25) is 0 Å². The van der Waals surface area contributed by atoms with Crippen molar-refractivity contribution in [3.05, 3.63) is 47.0 Å². The molecule has 1 saturated carbocycles. The first-order valence-electron chi connectivity index (χ1n) is 6.83. The van der Waals surface area contributed by atoms with Gasteiger partial charge in [0.25, 0.3) is 0 Å². The highest BCUT2D eigenvalue weighted by molar-refractivity contribution is 7.13. The third-order valence-corrected chi connectivity index (χ3v) is 5.10. The van der Waals surface area contributed by atoms with Crippen LogP contribution in [0.3, 0.4) is 0 Å². The molecule has 116 valence electrons. The second-order valence-electron chi connectivity index (χ2n) is 5.14. The van der Waals surface area contributed by atoms with E-state index in [4.69, 9.17) is 27.9 Å². The minimum Gasteiger partial charge on any atom is -0.461 e. The SMILES string of the molecule is O=C(OCC1CC1(Cl)Cl)c1csc(NCc2ccccc2)n1. The van der Waals surface area contributed by atoms with Crippen LogP contribution in [0.1, 0.15) is 22.5 Å². The number of alkyl halides is 2. The number of nitrogens with zero attached hydrogens (tertiary/aromatic N) is 1. The molecule has 2 aromatic rings. The number of carbonyl (C=O) groups is 1. The van der Waals surface area contributed by atoms with Crippen LogP contribution in [0, 0.1) is 5.92 Å². The lowest BCUT2D eigenvalue weighted by molar-refractivity contribution is 0.0479. The molecule has 7 heteroatoms. The van der Waals surface area contributed by atoms with Crippen LogP contribution in [-0.2, 0) is 11.3 Å². The van der Waals surface area contributed by atoms with Gasteiger partial charge in [-0.2, -0.15) is 0 Å². The summed E-state index contributed by atoms with van der Waals surface area (Å²) in [4.78, 5) is 16.1. The van der Waals surface area contributed by atoms with Gasteiger partial charge in [-0.1, -0.05) is 30.3 Å². The van der Waals surface area contributed by atoms with E-state index in [0.717, 1.165) is 5.56 Å². The minimum atomic E-state index is -0.731. The molecule has 0 bridgehead atoms. The molecular formula is C15H14Cl2N2O2S. The van der Waals surface area contributed by atoms with E-state index in [1.807, 2.05) is 30.3 Å². The zero-order valence-corrected chi connectivity index (χ0v) is 13.9. The van der Waals surface area contributed by atoms with Crippen LogP contribution in [0.4, 0.5) is 5.13 Å². The highest BCUT2D eigenvalue weighted by Gasteiger charge is 2.52. The van der Waals surface area contributed by atoms with E-state index in [0.29, 0.717) is 23.8 Å². The zero-order chi connectivity index (χ0) is 15.6. The average Bonchev–Trinajstić information content (AvgIpc) is 2.92. The number of esters is 1. The Kier molecular flexibility index (Phi) is 4.57. The van der Waals surface area contributed by atoms with Crippen molar-refractivity contribution in [2.24, 2.45) is 5.92 Å². The van der Waals surface area contributed by atoms with E-state index < -0.39 is 10.3 Å². The van der Waals surface area contributed by atoms with Crippen molar-refractivity contribution in [1.82, 2.24) is 4.98 Å². The molecule has 1 aliphatic carbocycles. The predicted molar refractivity (Wildman–Crippen MR) is 88.7 cm³/mol. The molecule has 22 heavy (non-hydrogen) atoms. The van der Waals surface area contributed by atoms with Crippen LogP contribution >= 0.6 is 34.5 Å². The van der Waals surface area contributed by atoms with Crippen molar-refractivity contribution in [1.29, 1.82) is 0 Å². The van der Waals surface area contributed by atoms with Crippen LogP contribution in [-0.4, -0.2) is 21.9 Å². The first-order chi connectivity index (χ1) is 10.5. The number of hydrogen-bond acceptors (Lipinski definition) is 5. The Hall–Kier alpha value is -1.30. The Morgan fingerprint density at radius 3 is 2.82 bits per heavy atom. The minimum absolute atomic E-state index is 0.0223. The van der Waals surface area contributed by atoms with E-state index in [-0.39, 0.29) is 12.5 Å². The van der Waals surface area contributed by atoms with Gasteiger partial charge in [0.2, 0.25) is 0 Å². The summed E-state index contributed by atoms with van der Waals surface area (Å²) in [5.74, 6) is -0.422. The Bertz CT molecular complexity index is 661. The zero-order valence-electron chi connectivity index (χ0n) is 11.6. The number of nitrogens with one attached hydrogen (secondary N) is 1. The summed E-state index contributed by atoms with van der Waals surface area (Å²) in [7, 11) is 0.